The Bertz CT molecular complexity index is 1030. The predicted molar refractivity (Wildman–Crippen MR) is 145 cm³/mol. The van der Waals surface area contributed by atoms with Gasteiger partial charge in [-0.2, -0.15) is 4.98 Å². The molecule has 5 rings (SSSR count). The lowest BCUT2D eigenvalue weighted by molar-refractivity contribution is -0.00709. The first-order valence-corrected chi connectivity index (χ1v) is 14.0. The van der Waals surface area contributed by atoms with Crippen LogP contribution in [0.4, 0.5) is 11.8 Å². The van der Waals surface area contributed by atoms with E-state index in [-0.39, 0.29) is 12.6 Å². The number of aliphatic hydroxyl groups is 1. The van der Waals surface area contributed by atoms with Crippen LogP contribution in [0, 0.1) is 18.8 Å². The first kappa shape index (κ1) is 25.2. The summed E-state index contributed by atoms with van der Waals surface area (Å²) in [6.45, 7) is 11.9. The monoisotopic (exact) mass is 562 g/mol. The SMILES string of the molecule is Cc1ccc(C(C)Nc2nc(N3CC(C4CCCN(C5CN(CCO)C5)C4)C3)ncc2Br)c(Cl)c1. The summed E-state index contributed by atoms with van der Waals surface area (Å²) in [4.78, 5) is 16.8. The molecule has 2 N–H and O–H groups in total. The van der Waals surface area contributed by atoms with E-state index in [1.807, 2.05) is 19.2 Å². The number of halogens is 2. The van der Waals surface area contributed by atoms with Crippen molar-refractivity contribution in [2.24, 2.45) is 11.8 Å². The molecule has 0 aliphatic carbocycles. The highest BCUT2D eigenvalue weighted by atomic mass is 79.9. The summed E-state index contributed by atoms with van der Waals surface area (Å²) in [6.07, 6.45) is 4.46. The molecule has 0 saturated carbocycles. The van der Waals surface area contributed by atoms with Gasteiger partial charge in [0.05, 0.1) is 17.1 Å². The molecule has 0 bridgehead atoms. The van der Waals surface area contributed by atoms with Crippen molar-refractivity contribution in [3.05, 3.63) is 45.0 Å². The van der Waals surface area contributed by atoms with Crippen LogP contribution in [-0.2, 0) is 0 Å². The van der Waals surface area contributed by atoms with E-state index in [1.54, 1.807) is 0 Å². The lowest BCUT2D eigenvalue weighted by Crippen LogP contribution is -2.63. The van der Waals surface area contributed by atoms with Crippen LogP contribution >= 0.6 is 27.5 Å². The minimum Gasteiger partial charge on any atom is -0.395 e. The number of benzene rings is 1. The normalized spacial score (nSPS) is 23.1. The first-order chi connectivity index (χ1) is 16.9. The van der Waals surface area contributed by atoms with Crippen LogP contribution in [0.5, 0.6) is 0 Å². The van der Waals surface area contributed by atoms with Crippen molar-refractivity contribution < 1.29 is 5.11 Å². The highest BCUT2D eigenvalue weighted by Gasteiger charge is 2.40. The maximum absolute atomic E-state index is 9.14. The number of nitrogens with one attached hydrogen (secondary N) is 1. The molecule has 3 saturated heterocycles. The Labute approximate surface area is 222 Å². The summed E-state index contributed by atoms with van der Waals surface area (Å²) < 4.78 is 0.854. The van der Waals surface area contributed by atoms with Crippen LogP contribution in [-0.4, -0.2) is 83.3 Å². The fraction of sp³-hybridized carbons (Fsp3) is 0.615. The van der Waals surface area contributed by atoms with Gasteiger partial charge in [-0.3, -0.25) is 9.80 Å². The van der Waals surface area contributed by atoms with Gasteiger partial charge in [0.25, 0.3) is 0 Å². The molecule has 190 valence electrons. The molecule has 1 aromatic carbocycles. The molecule has 3 aliphatic heterocycles. The molecule has 3 fully saturated rings. The second-order valence-electron chi connectivity index (χ2n) is 10.5. The highest BCUT2D eigenvalue weighted by molar-refractivity contribution is 9.10. The number of β-amino-alcohol motifs (C(OH)–C–C–N with tert-alkyl or cyclic N) is 1. The Balaban J connectivity index is 1.16. The van der Waals surface area contributed by atoms with Crippen LogP contribution < -0.4 is 10.2 Å². The molecular weight excluding hydrogens is 528 g/mol. The lowest BCUT2D eigenvalue weighted by atomic mass is 9.80. The lowest BCUT2D eigenvalue weighted by Gasteiger charge is -2.51. The summed E-state index contributed by atoms with van der Waals surface area (Å²) in [6, 6.07) is 6.86. The Morgan fingerprint density at radius 3 is 2.74 bits per heavy atom. The zero-order valence-corrected chi connectivity index (χ0v) is 23.0. The zero-order valence-electron chi connectivity index (χ0n) is 20.6. The number of aryl methyl sites for hydroxylation is 1. The average Bonchev–Trinajstić information content (AvgIpc) is 2.77. The molecule has 1 aromatic heterocycles. The summed E-state index contributed by atoms with van der Waals surface area (Å²) in [7, 11) is 0. The van der Waals surface area contributed by atoms with Gasteiger partial charge in [-0.15, -0.1) is 0 Å². The average molecular weight is 564 g/mol. The van der Waals surface area contributed by atoms with Crippen molar-refractivity contribution >= 4 is 39.3 Å². The van der Waals surface area contributed by atoms with Crippen molar-refractivity contribution in [3.63, 3.8) is 0 Å². The number of anilines is 2. The third kappa shape index (κ3) is 5.62. The van der Waals surface area contributed by atoms with E-state index in [9.17, 15) is 0 Å². The Morgan fingerprint density at radius 2 is 2.00 bits per heavy atom. The number of aromatic nitrogens is 2. The van der Waals surface area contributed by atoms with Gasteiger partial charge in [0, 0.05) is 56.5 Å². The molecule has 0 amide bonds. The molecule has 4 heterocycles. The van der Waals surface area contributed by atoms with Gasteiger partial charge in [-0.25, -0.2) is 4.98 Å². The van der Waals surface area contributed by atoms with E-state index >= 15 is 0 Å². The van der Waals surface area contributed by atoms with Crippen LogP contribution in [0.1, 0.15) is 36.9 Å². The van der Waals surface area contributed by atoms with E-state index in [1.165, 1.54) is 25.9 Å². The van der Waals surface area contributed by atoms with Crippen LogP contribution in [0.3, 0.4) is 0 Å². The number of likely N-dealkylation sites (tertiary alicyclic amines) is 2. The fourth-order valence-corrected chi connectivity index (χ4v) is 6.41. The van der Waals surface area contributed by atoms with Gasteiger partial charge in [-0.1, -0.05) is 23.7 Å². The number of hydrogen-bond donors (Lipinski definition) is 2. The van der Waals surface area contributed by atoms with Gasteiger partial charge >= 0.3 is 0 Å². The summed E-state index contributed by atoms with van der Waals surface area (Å²) >= 11 is 10.1. The van der Waals surface area contributed by atoms with Crippen LogP contribution in [0.25, 0.3) is 0 Å². The fourth-order valence-electron chi connectivity index (χ4n) is 5.71. The third-order valence-electron chi connectivity index (χ3n) is 7.93. The molecule has 9 heteroatoms. The second kappa shape index (κ2) is 10.9. The summed E-state index contributed by atoms with van der Waals surface area (Å²) in [5.41, 5.74) is 2.21. The van der Waals surface area contributed by atoms with E-state index in [2.05, 4.69) is 60.0 Å². The standard InChI is InChI=1S/C26H36BrClN6O/c1-17-5-6-22(24(28)10-17)18(2)30-25-23(27)11-29-26(31-25)34-13-20(14-34)19-4-3-7-33(12-19)21-15-32(16-21)8-9-35/h5-6,10-11,18-21,35H,3-4,7-9,12-16H2,1-2H3,(H,29,30,31). The predicted octanol–water partition coefficient (Wildman–Crippen LogP) is 4.20. The summed E-state index contributed by atoms with van der Waals surface area (Å²) in [5, 5.41) is 13.4. The molecule has 7 nitrogen and oxygen atoms in total. The van der Waals surface area contributed by atoms with Crippen molar-refractivity contribution in [3.8, 4) is 0 Å². The van der Waals surface area contributed by atoms with Crippen molar-refractivity contribution in [2.45, 2.75) is 38.8 Å². The molecule has 0 spiro atoms. The second-order valence-corrected chi connectivity index (χ2v) is 11.7. The molecule has 2 aromatic rings. The van der Waals surface area contributed by atoms with E-state index in [4.69, 9.17) is 21.7 Å². The molecule has 35 heavy (non-hydrogen) atoms. The maximum atomic E-state index is 9.14. The van der Waals surface area contributed by atoms with E-state index in [0.29, 0.717) is 12.0 Å². The number of nitrogens with zero attached hydrogens (tertiary/aromatic N) is 5. The first-order valence-electron chi connectivity index (χ1n) is 12.8. The van der Waals surface area contributed by atoms with Crippen LogP contribution in [0.2, 0.25) is 5.02 Å². The Kier molecular flexibility index (Phi) is 7.84. The minimum absolute atomic E-state index is 0.0271. The van der Waals surface area contributed by atoms with Crippen molar-refractivity contribution in [2.75, 3.05) is 62.6 Å². The van der Waals surface area contributed by atoms with Gasteiger partial charge in [0.15, 0.2) is 0 Å². The largest absolute Gasteiger partial charge is 0.395 e. The molecule has 3 aliphatic rings. The zero-order chi connectivity index (χ0) is 24.5. The molecule has 2 atom stereocenters. The summed E-state index contributed by atoms with van der Waals surface area (Å²) in [5.74, 6) is 3.05. The van der Waals surface area contributed by atoms with Crippen LogP contribution in [0.15, 0.2) is 28.9 Å². The molecule has 2 unspecified atom stereocenters. The Morgan fingerprint density at radius 1 is 1.20 bits per heavy atom. The highest BCUT2D eigenvalue weighted by Crippen LogP contribution is 2.35. The maximum Gasteiger partial charge on any atom is 0.227 e. The minimum atomic E-state index is 0.0271. The molecule has 0 radical (unpaired) electrons. The van der Waals surface area contributed by atoms with Crippen molar-refractivity contribution in [1.82, 2.24) is 19.8 Å². The van der Waals surface area contributed by atoms with Crippen molar-refractivity contribution in [1.29, 1.82) is 0 Å². The topological polar surface area (TPSA) is 67.8 Å². The number of aliphatic hydroxyl groups excluding tert-OH is 1. The number of piperidine rings is 1. The third-order valence-corrected chi connectivity index (χ3v) is 8.83. The van der Waals surface area contributed by atoms with Gasteiger partial charge in [-0.05, 0) is 78.2 Å². The number of hydrogen-bond acceptors (Lipinski definition) is 7. The van der Waals surface area contributed by atoms with Gasteiger partial charge < -0.3 is 15.3 Å². The molecular formula is C26H36BrClN6O. The van der Waals surface area contributed by atoms with E-state index in [0.717, 1.165) is 71.0 Å². The van der Waals surface area contributed by atoms with Gasteiger partial charge in [0.2, 0.25) is 5.95 Å². The quantitative estimate of drug-likeness (QED) is 0.499. The smallest absolute Gasteiger partial charge is 0.227 e. The van der Waals surface area contributed by atoms with E-state index < -0.39 is 0 Å². The van der Waals surface area contributed by atoms with Gasteiger partial charge in [0.1, 0.15) is 5.82 Å². The number of rotatable bonds is 8. The Hall–Kier alpha value is -1.45.